The molecule has 1 unspecified atom stereocenters. The molecule has 2 heterocycles. The minimum absolute atomic E-state index is 0.00319. The fourth-order valence-electron chi connectivity index (χ4n) is 1.87. The molecule has 0 saturated heterocycles. The van der Waals surface area contributed by atoms with E-state index in [2.05, 4.69) is 10.3 Å². The number of nitrogens with zero attached hydrogens (tertiary/aromatic N) is 1. The van der Waals surface area contributed by atoms with Crippen molar-refractivity contribution in [3.05, 3.63) is 47.9 Å². The molecule has 2 N–H and O–H groups in total. The van der Waals surface area contributed by atoms with Crippen molar-refractivity contribution in [2.75, 3.05) is 5.32 Å². The lowest BCUT2D eigenvalue weighted by molar-refractivity contribution is -0.272. The maximum atomic E-state index is 13.2. The first-order chi connectivity index (χ1) is 10.6. The quantitative estimate of drug-likeness (QED) is 0.667. The van der Waals surface area contributed by atoms with E-state index in [9.17, 15) is 27.5 Å². The number of nitrogens with one attached hydrogen (secondary N) is 1. The van der Waals surface area contributed by atoms with Gasteiger partial charge < -0.3 is 14.8 Å². The second kappa shape index (κ2) is 5.99. The Bertz CT molecular complexity index is 697. The summed E-state index contributed by atoms with van der Waals surface area (Å²) in [4.78, 5) is 15.1. The summed E-state index contributed by atoms with van der Waals surface area (Å²) < 4.78 is 57.1. The lowest BCUT2D eigenvalue weighted by Crippen LogP contribution is -2.44. The van der Waals surface area contributed by atoms with Gasteiger partial charge in [0.05, 0.1) is 18.3 Å². The number of aryl methyl sites for hydroxylation is 1. The number of carbonyl (C=O) groups is 1. The number of alkyl halides is 3. The van der Waals surface area contributed by atoms with Gasteiger partial charge in [0.1, 0.15) is 11.5 Å². The zero-order valence-corrected chi connectivity index (χ0v) is 11.8. The maximum Gasteiger partial charge on any atom is 0.425 e. The van der Waals surface area contributed by atoms with Crippen molar-refractivity contribution in [1.29, 1.82) is 0 Å². The molecule has 124 valence electrons. The number of anilines is 1. The molecule has 0 radical (unpaired) electrons. The highest BCUT2D eigenvalue weighted by molar-refractivity contribution is 5.91. The van der Waals surface area contributed by atoms with Crippen LogP contribution in [-0.4, -0.2) is 22.2 Å². The topological polar surface area (TPSA) is 75.4 Å². The summed E-state index contributed by atoms with van der Waals surface area (Å²) >= 11 is 0. The second-order valence-electron chi connectivity index (χ2n) is 4.86. The van der Waals surface area contributed by atoms with Crippen molar-refractivity contribution in [3.63, 3.8) is 0 Å². The molecule has 0 spiro atoms. The lowest BCUT2D eigenvalue weighted by Gasteiger charge is -2.27. The van der Waals surface area contributed by atoms with Crippen LogP contribution in [0.4, 0.5) is 23.2 Å². The molecule has 0 bridgehead atoms. The molecule has 23 heavy (non-hydrogen) atoms. The van der Waals surface area contributed by atoms with Crippen LogP contribution in [0.15, 0.2) is 34.9 Å². The first-order valence-corrected chi connectivity index (χ1v) is 6.39. The highest BCUT2D eigenvalue weighted by Gasteiger charge is 2.58. The van der Waals surface area contributed by atoms with E-state index in [0.717, 1.165) is 24.4 Å². The first kappa shape index (κ1) is 16.9. The molecule has 2 aromatic rings. The Morgan fingerprint density at radius 2 is 2.00 bits per heavy atom. The third-order valence-electron chi connectivity index (χ3n) is 3.04. The van der Waals surface area contributed by atoms with Crippen LogP contribution in [0.1, 0.15) is 17.9 Å². The average Bonchev–Trinajstić information content (AvgIpc) is 2.87. The lowest BCUT2D eigenvalue weighted by atomic mass is 9.95. The van der Waals surface area contributed by atoms with E-state index in [1.807, 2.05) is 0 Å². The number of hydrogen-bond donors (Lipinski definition) is 2. The summed E-state index contributed by atoms with van der Waals surface area (Å²) in [6.45, 7) is 1.41. The Kier molecular flexibility index (Phi) is 4.42. The van der Waals surface area contributed by atoms with E-state index in [1.54, 1.807) is 0 Å². The van der Waals surface area contributed by atoms with Crippen molar-refractivity contribution in [1.82, 2.24) is 4.98 Å². The van der Waals surface area contributed by atoms with E-state index >= 15 is 0 Å². The highest BCUT2D eigenvalue weighted by atomic mass is 19.4. The van der Waals surface area contributed by atoms with Crippen molar-refractivity contribution in [2.24, 2.45) is 0 Å². The van der Waals surface area contributed by atoms with E-state index in [4.69, 9.17) is 4.42 Å². The Balaban J connectivity index is 2.21. The Labute approximate surface area is 127 Å². The second-order valence-corrected chi connectivity index (χ2v) is 4.86. The molecular formula is C14H12F4N2O3. The molecule has 9 heteroatoms. The zero-order chi connectivity index (χ0) is 17.3. The van der Waals surface area contributed by atoms with E-state index in [-0.39, 0.29) is 11.4 Å². The SMILES string of the molecule is Cc1ccc(C(O)(CC(=O)Nc2ccc(F)nc2)C(F)(F)F)o1. The van der Waals surface area contributed by atoms with Gasteiger partial charge in [-0.3, -0.25) is 4.79 Å². The van der Waals surface area contributed by atoms with Crippen LogP contribution in [0.3, 0.4) is 0 Å². The predicted octanol–water partition coefficient (Wildman–Crippen LogP) is 2.90. The van der Waals surface area contributed by atoms with Gasteiger partial charge in [-0.2, -0.15) is 17.6 Å². The van der Waals surface area contributed by atoms with Gasteiger partial charge in [-0.15, -0.1) is 0 Å². The van der Waals surface area contributed by atoms with Gasteiger partial charge in [-0.1, -0.05) is 0 Å². The van der Waals surface area contributed by atoms with Crippen LogP contribution in [0.2, 0.25) is 0 Å². The van der Waals surface area contributed by atoms with E-state index < -0.39 is 35.8 Å². The summed E-state index contributed by atoms with van der Waals surface area (Å²) in [5.74, 6) is -2.56. The number of aromatic nitrogens is 1. The molecule has 0 saturated carbocycles. The molecule has 2 aromatic heterocycles. The number of pyridine rings is 1. The summed E-state index contributed by atoms with van der Waals surface area (Å²) in [7, 11) is 0. The minimum Gasteiger partial charge on any atom is -0.463 e. The third-order valence-corrected chi connectivity index (χ3v) is 3.04. The first-order valence-electron chi connectivity index (χ1n) is 6.39. The van der Waals surface area contributed by atoms with E-state index in [1.165, 1.54) is 13.0 Å². The average molecular weight is 332 g/mol. The third kappa shape index (κ3) is 3.67. The number of amides is 1. The van der Waals surface area contributed by atoms with Crippen LogP contribution in [-0.2, 0) is 10.4 Å². The van der Waals surface area contributed by atoms with Gasteiger partial charge >= 0.3 is 6.18 Å². The number of carbonyl (C=O) groups excluding carboxylic acids is 1. The summed E-state index contributed by atoms with van der Waals surface area (Å²) in [6, 6.07) is 4.26. The Morgan fingerprint density at radius 1 is 1.30 bits per heavy atom. The van der Waals surface area contributed by atoms with Gasteiger partial charge in [0, 0.05) is 0 Å². The van der Waals surface area contributed by atoms with Crippen molar-refractivity contribution < 1.29 is 31.9 Å². The molecule has 0 aromatic carbocycles. The van der Waals surface area contributed by atoms with Crippen LogP contribution in [0.25, 0.3) is 0 Å². The van der Waals surface area contributed by atoms with Gasteiger partial charge in [-0.25, -0.2) is 4.98 Å². The highest BCUT2D eigenvalue weighted by Crippen LogP contribution is 2.42. The van der Waals surface area contributed by atoms with Gasteiger partial charge in [0.25, 0.3) is 0 Å². The summed E-state index contributed by atoms with van der Waals surface area (Å²) in [5.41, 5.74) is -3.48. The van der Waals surface area contributed by atoms with Crippen LogP contribution in [0, 0.1) is 12.9 Å². The number of aliphatic hydroxyl groups is 1. The Hall–Kier alpha value is -2.42. The fraction of sp³-hybridized carbons (Fsp3) is 0.286. The minimum atomic E-state index is -5.13. The zero-order valence-electron chi connectivity index (χ0n) is 11.8. The molecule has 0 aliphatic rings. The number of halogens is 4. The molecule has 5 nitrogen and oxygen atoms in total. The standard InChI is InChI=1S/C14H12F4N2O3/c1-8-2-4-10(23-8)13(22,14(16,17)18)6-12(21)20-9-3-5-11(15)19-7-9/h2-5,7,22H,6H2,1H3,(H,20,21). The van der Waals surface area contributed by atoms with Crippen molar-refractivity contribution in [2.45, 2.75) is 25.1 Å². The van der Waals surface area contributed by atoms with Crippen LogP contribution >= 0.6 is 0 Å². The largest absolute Gasteiger partial charge is 0.463 e. The number of furan rings is 1. The van der Waals surface area contributed by atoms with Crippen LogP contribution in [0.5, 0.6) is 0 Å². The predicted molar refractivity (Wildman–Crippen MR) is 70.8 cm³/mol. The molecule has 1 atom stereocenters. The number of hydrogen-bond acceptors (Lipinski definition) is 4. The fourth-order valence-corrected chi connectivity index (χ4v) is 1.87. The monoisotopic (exact) mass is 332 g/mol. The van der Waals surface area contributed by atoms with Gasteiger partial charge in [0.15, 0.2) is 0 Å². The molecule has 0 aliphatic carbocycles. The molecule has 0 fully saturated rings. The van der Waals surface area contributed by atoms with Gasteiger partial charge in [-0.05, 0) is 31.2 Å². The maximum absolute atomic E-state index is 13.2. The Morgan fingerprint density at radius 3 is 2.48 bits per heavy atom. The molecule has 1 amide bonds. The van der Waals surface area contributed by atoms with Crippen LogP contribution < -0.4 is 5.32 Å². The molecule has 2 rings (SSSR count). The molecule has 0 aliphatic heterocycles. The van der Waals surface area contributed by atoms with Crippen molar-refractivity contribution in [3.8, 4) is 0 Å². The van der Waals surface area contributed by atoms with Gasteiger partial charge in [0.2, 0.25) is 17.5 Å². The summed E-state index contributed by atoms with van der Waals surface area (Å²) in [6.07, 6.45) is -5.51. The normalized spacial score (nSPS) is 14.3. The smallest absolute Gasteiger partial charge is 0.425 e. The number of rotatable bonds is 4. The van der Waals surface area contributed by atoms with Crippen molar-refractivity contribution >= 4 is 11.6 Å². The molecular weight excluding hydrogens is 320 g/mol. The van der Waals surface area contributed by atoms with E-state index in [0.29, 0.717) is 0 Å². The summed E-state index contributed by atoms with van der Waals surface area (Å²) in [5, 5.41) is 12.1.